The summed E-state index contributed by atoms with van der Waals surface area (Å²) in [5.41, 5.74) is 1.65. The van der Waals surface area contributed by atoms with Gasteiger partial charge in [0.25, 0.3) is 0 Å². The summed E-state index contributed by atoms with van der Waals surface area (Å²) >= 11 is 0. The van der Waals surface area contributed by atoms with Gasteiger partial charge in [0, 0.05) is 5.69 Å². The fourth-order valence-electron chi connectivity index (χ4n) is 1.43. The van der Waals surface area contributed by atoms with Crippen LogP contribution >= 0.6 is 0 Å². The molecule has 1 aromatic carbocycles. The number of benzene rings is 1. The fourth-order valence-corrected chi connectivity index (χ4v) is 1.43. The van der Waals surface area contributed by atoms with Crippen molar-refractivity contribution in [2.24, 2.45) is 5.92 Å². The number of para-hydroxylation sites is 1. The van der Waals surface area contributed by atoms with E-state index in [0.29, 0.717) is 5.69 Å². The number of hydrogen-bond donors (Lipinski definition) is 1. The van der Waals surface area contributed by atoms with Gasteiger partial charge < -0.3 is 10.1 Å². The normalized spacial score (nSPS) is 10.2. The van der Waals surface area contributed by atoms with Crippen LogP contribution in [0.1, 0.15) is 26.3 Å². The van der Waals surface area contributed by atoms with Crippen LogP contribution in [0.4, 0.5) is 5.69 Å². The number of carbonyl (C=O) groups excluding carboxylic acids is 2. The van der Waals surface area contributed by atoms with Gasteiger partial charge in [0.2, 0.25) is 0 Å². The van der Waals surface area contributed by atoms with Gasteiger partial charge in [-0.3, -0.25) is 4.79 Å². The monoisotopic (exact) mass is 249 g/mol. The summed E-state index contributed by atoms with van der Waals surface area (Å²) in [4.78, 5) is 23.0. The molecule has 0 saturated carbocycles. The number of rotatable bonds is 4. The molecule has 98 valence electrons. The van der Waals surface area contributed by atoms with Crippen molar-refractivity contribution in [2.45, 2.75) is 27.2 Å². The molecule has 0 heterocycles. The van der Waals surface area contributed by atoms with Crippen molar-refractivity contribution in [1.29, 1.82) is 0 Å². The molecule has 4 nitrogen and oxygen atoms in total. The summed E-state index contributed by atoms with van der Waals surface area (Å²) in [5, 5.41) is 2.57. The summed E-state index contributed by atoms with van der Waals surface area (Å²) in [7, 11) is 0. The molecule has 0 aliphatic carbocycles. The van der Waals surface area contributed by atoms with Gasteiger partial charge in [-0.15, -0.1) is 0 Å². The number of anilines is 1. The number of aryl methyl sites for hydroxylation is 1. The van der Waals surface area contributed by atoms with Gasteiger partial charge >= 0.3 is 11.9 Å². The predicted octanol–water partition coefficient (Wildman–Crippen LogP) is 2.39. The van der Waals surface area contributed by atoms with Gasteiger partial charge in [-0.25, -0.2) is 4.79 Å². The van der Waals surface area contributed by atoms with E-state index in [4.69, 9.17) is 4.74 Å². The quantitative estimate of drug-likeness (QED) is 0.658. The molecular weight excluding hydrogens is 230 g/mol. The SMILES string of the molecule is CCc1ccccc1NC(=O)C(=O)OCC(C)C. The lowest BCUT2D eigenvalue weighted by atomic mass is 10.1. The molecule has 1 rings (SSSR count). The van der Waals surface area contributed by atoms with E-state index in [-0.39, 0.29) is 12.5 Å². The zero-order valence-corrected chi connectivity index (χ0v) is 11.0. The van der Waals surface area contributed by atoms with E-state index < -0.39 is 11.9 Å². The van der Waals surface area contributed by atoms with Gasteiger partial charge in [0.05, 0.1) is 6.61 Å². The van der Waals surface area contributed by atoms with Crippen LogP contribution in [0.15, 0.2) is 24.3 Å². The van der Waals surface area contributed by atoms with Crippen LogP contribution in [0.5, 0.6) is 0 Å². The first-order valence-corrected chi connectivity index (χ1v) is 6.10. The third-order valence-electron chi connectivity index (χ3n) is 2.38. The number of carbonyl (C=O) groups is 2. The van der Waals surface area contributed by atoms with Gasteiger partial charge in [-0.1, -0.05) is 39.0 Å². The highest BCUT2D eigenvalue weighted by atomic mass is 16.5. The Morgan fingerprint density at radius 3 is 2.56 bits per heavy atom. The van der Waals surface area contributed by atoms with Crippen molar-refractivity contribution in [3.05, 3.63) is 29.8 Å². The molecule has 4 heteroatoms. The second-order valence-electron chi connectivity index (χ2n) is 4.46. The Morgan fingerprint density at radius 2 is 1.94 bits per heavy atom. The first kappa shape index (κ1) is 14.2. The van der Waals surface area contributed by atoms with Crippen LogP contribution in [0.3, 0.4) is 0 Å². The standard InChI is InChI=1S/C14H19NO3/c1-4-11-7-5-6-8-12(11)15-13(16)14(17)18-9-10(2)3/h5-8,10H,4,9H2,1-3H3,(H,15,16). The highest BCUT2D eigenvalue weighted by Crippen LogP contribution is 2.15. The Kier molecular flexibility index (Phi) is 5.36. The minimum Gasteiger partial charge on any atom is -0.458 e. The fraction of sp³-hybridized carbons (Fsp3) is 0.429. The Bertz CT molecular complexity index is 427. The average molecular weight is 249 g/mol. The smallest absolute Gasteiger partial charge is 0.397 e. The van der Waals surface area contributed by atoms with Crippen LogP contribution in [-0.4, -0.2) is 18.5 Å². The highest BCUT2D eigenvalue weighted by molar-refractivity contribution is 6.37. The van der Waals surface area contributed by atoms with Crippen molar-refractivity contribution in [3.8, 4) is 0 Å². The summed E-state index contributed by atoms with van der Waals surface area (Å²) in [5.74, 6) is -1.35. The average Bonchev–Trinajstić information content (AvgIpc) is 2.36. The third-order valence-corrected chi connectivity index (χ3v) is 2.38. The Balaban J connectivity index is 2.61. The summed E-state index contributed by atoms with van der Waals surface area (Å²) < 4.78 is 4.86. The molecule has 0 atom stereocenters. The molecular formula is C14H19NO3. The third kappa shape index (κ3) is 4.20. The molecule has 0 aliphatic heterocycles. The second kappa shape index (κ2) is 6.79. The first-order chi connectivity index (χ1) is 8.54. The van der Waals surface area contributed by atoms with E-state index in [1.54, 1.807) is 6.07 Å². The van der Waals surface area contributed by atoms with E-state index in [0.717, 1.165) is 12.0 Å². The molecule has 0 radical (unpaired) electrons. The number of hydrogen-bond acceptors (Lipinski definition) is 3. The van der Waals surface area contributed by atoms with E-state index >= 15 is 0 Å². The van der Waals surface area contributed by atoms with Crippen LogP contribution in [0.25, 0.3) is 0 Å². The molecule has 18 heavy (non-hydrogen) atoms. The van der Waals surface area contributed by atoms with Gasteiger partial charge in [-0.05, 0) is 24.0 Å². The molecule has 1 aromatic rings. The molecule has 0 fully saturated rings. The van der Waals surface area contributed by atoms with Gasteiger partial charge in [0.15, 0.2) is 0 Å². The summed E-state index contributed by atoms with van der Waals surface area (Å²) in [6, 6.07) is 7.39. The van der Waals surface area contributed by atoms with E-state index in [1.807, 2.05) is 39.0 Å². The van der Waals surface area contributed by atoms with E-state index in [1.165, 1.54) is 0 Å². The Labute approximate surface area is 107 Å². The second-order valence-corrected chi connectivity index (χ2v) is 4.46. The number of ether oxygens (including phenoxy) is 1. The first-order valence-electron chi connectivity index (χ1n) is 6.10. The molecule has 0 saturated heterocycles. The molecule has 0 spiro atoms. The Hall–Kier alpha value is -1.84. The highest BCUT2D eigenvalue weighted by Gasteiger charge is 2.16. The lowest BCUT2D eigenvalue weighted by Gasteiger charge is -2.10. The zero-order valence-electron chi connectivity index (χ0n) is 11.0. The van der Waals surface area contributed by atoms with E-state index in [9.17, 15) is 9.59 Å². The lowest BCUT2D eigenvalue weighted by Crippen LogP contribution is -2.26. The molecule has 1 N–H and O–H groups in total. The molecule has 0 bridgehead atoms. The van der Waals surface area contributed by atoms with Crippen LogP contribution in [-0.2, 0) is 20.7 Å². The molecule has 0 aliphatic rings. The van der Waals surface area contributed by atoms with Crippen LogP contribution in [0.2, 0.25) is 0 Å². The minimum absolute atomic E-state index is 0.213. The maximum atomic E-state index is 11.6. The Morgan fingerprint density at radius 1 is 1.28 bits per heavy atom. The zero-order chi connectivity index (χ0) is 13.5. The lowest BCUT2D eigenvalue weighted by molar-refractivity contribution is -0.153. The largest absolute Gasteiger partial charge is 0.458 e. The molecule has 0 aromatic heterocycles. The topological polar surface area (TPSA) is 55.4 Å². The number of amides is 1. The van der Waals surface area contributed by atoms with Crippen molar-refractivity contribution < 1.29 is 14.3 Å². The minimum atomic E-state index is -0.838. The van der Waals surface area contributed by atoms with Crippen LogP contribution in [0, 0.1) is 5.92 Å². The van der Waals surface area contributed by atoms with Crippen LogP contribution < -0.4 is 5.32 Å². The number of esters is 1. The maximum Gasteiger partial charge on any atom is 0.397 e. The van der Waals surface area contributed by atoms with Crippen molar-refractivity contribution in [2.75, 3.05) is 11.9 Å². The van der Waals surface area contributed by atoms with Gasteiger partial charge in [-0.2, -0.15) is 0 Å². The predicted molar refractivity (Wildman–Crippen MR) is 70.2 cm³/mol. The summed E-state index contributed by atoms with van der Waals surface area (Å²) in [6.07, 6.45) is 0.789. The van der Waals surface area contributed by atoms with Crippen molar-refractivity contribution in [3.63, 3.8) is 0 Å². The van der Waals surface area contributed by atoms with Crippen molar-refractivity contribution in [1.82, 2.24) is 0 Å². The van der Waals surface area contributed by atoms with E-state index in [2.05, 4.69) is 5.32 Å². The molecule has 0 unspecified atom stereocenters. The van der Waals surface area contributed by atoms with Gasteiger partial charge in [0.1, 0.15) is 0 Å². The number of nitrogens with one attached hydrogen (secondary N) is 1. The molecule has 1 amide bonds. The summed E-state index contributed by atoms with van der Waals surface area (Å²) in [6.45, 7) is 6.07. The maximum absolute atomic E-state index is 11.6. The van der Waals surface area contributed by atoms with Crippen molar-refractivity contribution >= 4 is 17.6 Å².